The van der Waals surface area contributed by atoms with Gasteiger partial charge in [-0.15, -0.1) is 0 Å². The fourth-order valence-electron chi connectivity index (χ4n) is 5.51. The minimum atomic E-state index is -0.556. The van der Waals surface area contributed by atoms with Crippen LogP contribution in [-0.4, -0.2) is 60.3 Å². The van der Waals surface area contributed by atoms with Crippen LogP contribution < -0.4 is 5.32 Å². The summed E-state index contributed by atoms with van der Waals surface area (Å²) in [5.41, 5.74) is 2.71. The van der Waals surface area contributed by atoms with Crippen LogP contribution >= 0.6 is 0 Å². The van der Waals surface area contributed by atoms with Crippen LogP contribution in [0.4, 0.5) is 0 Å². The molecule has 10 heteroatoms. The summed E-state index contributed by atoms with van der Waals surface area (Å²) in [4.78, 5) is 45.2. The Balaban J connectivity index is 1.21. The zero-order valence-electron chi connectivity index (χ0n) is 20.2. The Bertz CT molecular complexity index is 1320. The molecule has 6 rings (SSSR count). The SMILES string of the molecule is N#CC1CCN(C(=O)[C@H](NC(=O)c2c[nH]c3ncc(-c4cn(C5CCCC5)cn4)nc23)C2CC2)CC1. The van der Waals surface area contributed by atoms with E-state index >= 15 is 0 Å². The number of nitriles is 1. The van der Waals surface area contributed by atoms with Crippen molar-refractivity contribution in [2.45, 2.75) is 63.5 Å². The number of rotatable bonds is 6. The first-order valence-electron chi connectivity index (χ1n) is 13.0. The zero-order chi connectivity index (χ0) is 24.6. The minimum Gasteiger partial charge on any atom is -0.344 e. The average molecular weight is 487 g/mol. The molecule has 4 heterocycles. The number of aromatic nitrogens is 5. The molecular weight excluding hydrogens is 456 g/mol. The Morgan fingerprint density at radius 2 is 1.86 bits per heavy atom. The van der Waals surface area contributed by atoms with E-state index in [2.05, 4.69) is 30.9 Å². The topological polar surface area (TPSA) is 133 Å². The van der Waals surface area contributed by atoms with Gasteiger partial charge in [-0.3, -0.25) is 9.59 Å². The maximum Gasteiger partial charge on any atom is 0.255 e. The van der Waals surface area contributed by atoms with E-state index < -0.39 is 6.04 Å². The summed E-state index contributed by atoms with van der Waals surface area (Å²) in [6, 6.07) is 2.23. The smallest absolute Gasteiger partial charge is 0.255 e. The van der Waals surface area contributed by atoms with E-state index in [0.717, 1.165) is 18.5 Å². The normalized spacial score (nSPS) is 19.9. The monoisotopic (exact) mass is 486 g/mol. The number of aromatic amines is 1. The van der Waals surface area contributed by atoms with Crippen molar-refractivity contribution in [3.63, 3.8) is 0 Å². The van der Waals surface area contributed by atoms with Gasteiger partial charge in [-0.25, -0.2) is 15.0 Å². The number of carbonyl (C=O) groups excluding carboxylic acids is 2. The van der Waals surface area contributed by atoms with Gasteiger partial charge in [0.2, 0.25) is 5.91 Å². The molecule has 0 spiro atoms. The number of hydrogen-bond donors (Lipinski definition) is 2. The highest BCUT2D eigenvalue weighted by Crippen LogP contribution is 2.35. The van der Waals surface area contributed by atoms with Crippen molar-refractivity contribution >= 4 is 23.0 Å². The van der Waals surface area contributed by atoms with E-state index in [9.17, 15) is 9.59 Å². The average Bonchev–Trinajstić information content (AvgIpc) is 3.30. The van der Waals surface area contributed by atoms with Crippen LogP contribution in [0.25, 0.3) is 22.6 Å². The number of nitrogens with one attached hydrogen (secondary N) is 2. The van der Waals surface area contributed by atoms with Gasteiger partial charge in [-0.05, 0) is 44.4 Å². The predicted molar refractivity (Wildman–Crippen MR) is 132 cm³/mol. The Morgan fingerprint density at radius 1 is 1.08 bits per heavy atom. The van der Waals surface area contributed by atoms with Gasteiger partial charge in [0.15, 0.2) is 5.65 Å². The molecule has 3 aromatic rings. The van der Waals surface area contributed by atoms with Crippen molar-refractivity contribution in [2.24, 2.45) is 11.8 Å². The molecule has 1 saturated heterocycles. The second-order valence-electron chi connectivity index (χ2n) is 10.3. The number of amides is 2. The molecule has 1 aliphatic heterocycles. The van der Waals surface area contributed by atoms with E-state index in [1.807, 2.05) is 12.5 Å². The second-order valence-corrected chi connectivity index (χ2v) is 10.3. The number of likely N-dealkylation sites (tertiary alicyclic amines) is 1. The summed E-state index contributed by atoms with van der Waals surface area (Å²) in [5.74, 6) is -0.222. The molecule has 0 unspecified atom stereocenters. The van der Waals surface area contributed by atoms with E-state index in [-0.39, 0.29) is 23.7 Å². The summed E-state index contributed by atoms with van der Waals surface area (Å²) >= 11 is 0. The first kappa shape index (κ1) is 22.7. The van der Waals surface area contributed by atoms with Crippen LogP contribution in [0.5, 0.6) is 0 Å². The maximum absolute atomic E-state index is 13.3. The molecule has 186 valence electrons. The summed E-state index contributed by atoms with van der Waals surface area (Å²) in [6.07, 6.45) is 15.2. The van der Waals surface area contributed by atoms with Gasteiger partial charge in [-0.2, -0.15) is 5.26 Å². The molecule has 2 saturated carbocycles. The fourth-order valence-corrected chi connectivity index (χ4v) is 5.51. The number of imidazole rings is 1. The number of H-pyrrole nitrogens is 1. The predicted octanol–water partition coefficient (Wildman–Crippen LogP) is 3.21. The molecule has 3 aliphatic rings. The first-order chi connectivity index (χ1) is 17.6. The van der Waals surface area contributed by atoms with Gasteiger partial charge in [0.05, 0.1) is 24.2 Å². The summed E-state index contributed by atoms with van der Waals surface area (Å²) < 4.78 is 2.16. The van der Waals surface area contributed by atoms with Crippen LogP contribution in [0.2, 0.25) is 0 Å². The molecule has 3 fully saturated rings. The van der Waals surface area contributed by atoms with Crippen LogP contribution in [0, 0.1) is 23.2 Å². The Morgan fingerprint density at radius 3 is 2.58 bits per heavy atom. The highest BCUT2D eigenvalue weighted by Gasteiger charge is 2.40. The van der Waals surface area contributed by atoms with E-state index in [1.54, 1.807) is 17.3 Å². The van der Waals surface area contributed by atoms with Gasteiger partial charge in [0.1, 0.15) is 22.9 Å². The number of nitrogens with zero attached hydrogens (tertiary/aromatic N) is 6. The zero-order valence-corrected chi connectivity index (χ0v) is 20.2. The maximum atomic E-state index is 13.3. The van der Waals surface area contributed by atoms with Crippen molar-refractivity contribution in [3.8, 4) is 17.5 Å². The lowest BCUT2D eigenvalue weighted by molar-refractivity contribution is -0.135. The Kier molecular flexibility index (Phi) is 5.91. The summed E-state index contributed by atoms with van der Waals surface area (Å²) in [6.45, 7) is 1.12. The molecule has 0 aromatic carbocycles. The van der Waals surface area contributed by atoms with E-state index in [0.29, 0.717) is 54.4 Å². The number of fused-ring (bicyclic) bond motifs is 1. The third-order valence-corrected chi connectivity index (χ3v) is 7.87. The third kappa shape index (κ3) is 4.34. The lowest BCUT2D eigenvalue weighted by Crippen LogP contribution is -2.51. The molecular formula is C26H30N8O2. The van der Waals surface area contributed by atoms with Crippen molar-refractivity contribution in [1.82, 2.24) is 34.7 Å². The molecule has 1 atom stereocenters. The van der Waals surface area contributed by atoms with E-state index in [4.69, 9.17) is 10.2 Å². The van der Waals surface area contributed by atoms with Crippen LogP contribution in [-0.2, 0) is 4.79 Å². The standard InChI is InChI=1S/C26H30N8O2/c27-11-16-7-9-33(10-8-16)26(36)22(17-5-6-17)32-25(35)19-12-28-24-23(19)31-20(13-29-24)21-14-34(15-30-21)18-3-1-2-4-18/h12-18,22H,1-10H2,(H,28,29)(H,32,35)/t22-/m1/s1. The van der Waals surface area contributed by atoms with Crippen molar-refractivity contribution in [3.05, 3.63) is 30.5 Å². The molecule has 2 N–H and O–H groups in total. The summed E-state index contributed by atoms with van der Waals surface area (Å²) in [7, 11) is 0. The molecule has 10 nitrogen and oxygen atoms in total. The largest absolute Gasteiger partial charge is 0.344 e. The van der Waals surface area contributed by atoms with Crippen molar-refractivity contribution in [2.75, 3.05) is 13.1 Å². The number of carbonyl (C=O) groups is 2. The molecule has 2 amide bonds. The van der Waals surface area contributed by atoms with Crippen LogP contribution in [0.1, 0.15) is 67.8 Å². The van der Waals surface area contributed by atoms with Crippen molar-refractivity contribution < 1.29 is 9.59 Å². The summed E-state index contributed by atoms with van der Waals surface area (Å²) in [5, 5.41) is 12.1. The van der Waals surface area contributed by atoms with Gasteiger partial charge in [0.25, 0.3) is 5.91 Å². The number of hydrogen-bond acceptors (Lipinski definition) is 6. The quantitative estimate of drug-likeness (QED) is 0.550. The van der Waals surface area contributed by atoms with E-state index in [1.165, 1.54) is 25.7 Å². The van der Waals surface area contributed by atoms with Crippen LogP contribution in [0.3, 0.4) is 0 Å². The van der Waals surface area contributed by atoms with Crippen molar-refractivity contribution in [1.29, 1.82) is 5.26 Å². The second kappa shape index (κ2) is 9.37. The third-order valence-electron chi connectivity index (χ3n) is 7.87. The first-order valence-corrected chi connectivity index (χ1v) is 13.0. The van der Waals surface area contributed by atoms with Gasteiger partial charge < -0.3 is 19.8 Å². The highest BCUT2D eigenvalue weighted by molar-refractivity contribution is 6.06. The Labute approximate surface area is 209 Å². The molecule has 3 aromatic heterocycles. The number of piperidine rings is 1. The fraction of sp³-hybridized carbons (Fsp3) is 0.538. The minimum absolute atomic E-state index is 0.00608. The molecule has 0 bridgehead atoms. The highest BCUT2D eigenvalue weighted by atomic mass is 16.2. The van der Waals surface area contributed by atoms with Gasteiger partial charge in [-0.1, -0.05) is 12.8 Å². The lowest BCUT2D eigenvalue weighted by Gasteiger charge is -2.32. The van der Waals surface area contributed by atoms with Gasteiger partial charge >= 0.3 is 0 Å². The Hall–Kier alpha value is -3.74. The molecule has 0 radical (unpaired) electrons. The van der Waals surface area contributed by atoms with Crippen LogP contribution in [0.15, 0.2) is 24.9 Å². The molecule has 2 aliphatic carbocycles. The molecule has 36 heavy (non-hydrogen) atoms. The van der Waals surface area contributed by atoms with Gasteiger partial charge in [0, 0.05) is 37.4 Å². The lowest BCUT2D eigenvalue weighted by atomic mass is 9.97.